The first-order chi connectivity index (χ1) is 11.7. The van der Waals surface area contributed by atoms with Crippen LogP contribution in [0.5, 0.6) is 0 Å². The minimum atomic E-state index is 0.115. The van der Waals surface area contributed by atoms with Crippen molar-refractivity contribution in [2.45, 2.75) is 25.9 Å². The third kappa shape index (κ3) is 5.41. The van der Waals surface area contributed by atoms with Crippen LogP contribution in [0.25, 0.3) is 0 Å². The number of thioether (sulfide) groups is 2. The summed E-state index contributed by atoms with van der Waals surface area (Å²) in [6, 6.07) is 6.76. The molecule has 3 rings (SSSR count). The van der Waals surface area contributed by atoms with Crippen molar-refractivity contribution in [1.29, 1.82) is 0 Å². The molecule has 1 aromatic carbocycles. The highest BCUT2D eigenvalue weighted by Gasteiger charge is 2.17. The fourth-order valence-electron chi connectivity index (χ4n) is 3.10. The average molecular weight is 366 g/mol. The lowest BCUT2D eigenvalue weighted by Crippen LogP contribution is -2.40. The van der Waals surface area contributed by atoms with E-state index >= 15 is 0 Å². The molecule has 132 valence electrons. The number of carbonyl (C=O) groups excluding carboxylic acids is 1. The van der Waals surface area contributed by atoms with Crippen LogP contribution >= 0.6 is 23.5 Å². The van der Waals surface area contributed by atoms with E-state index in [-0.39, 0.29) is 5.91 Å². The van der Waals surface area contributed by atoms with Gasteiger partial charge in [-0.15, -0.1) is 0 Å². The smallest absolute Gasteiger partial charge is 0.225 e. The fraction of sp³-hybridized carbons (Fsp3) is 0.611. The Morgan fingerprint density at radius 1 is 1.29 bits per heavy atom. The molecule has 2 aliphatic heterocycles. The van der Waals surface area contributed by atoms with Gasteiger partial charge in [0.15, 0.2) is 0 Å². The van der Waals surface area contributed by atoms with Crippen LogP contribution in [0.2, 0.25) is 0 Å². The molecular weight excluding hydrogens is 338 g/mol. The van der Waals surface area contributed by atoms with E-state index in [1.54, 1.807) is 0 Å². The highest BCUT2D eigenvalue weighted by molar-refractivity contribution is 7.99. The Kier molecular flexibility index (Phi) is 6.89. The number of aryl methyl sites for hydroxylation is 1. The minimum absolute atomic E-state index is 0.115. The van der Waals surface area contributed by atoms with Gasteiger partial charge in [0.25, 0.3) is 0 Å². The molecule has 2 fully saturated rings. The standard InChI is InChI=1S/C18H27N3OS2/c1-14-2-3-15(12-21-5-8-23-9-6-21)10-17(14)20-18(22)11-16-13-24-7-4-19-16/h2-3,10,16,19H,4-9,11-13H2,1H3,(H,20,22). The maximum absolute atomic E-state index is 12.4. The van der Waals surface area contributed by atoms with Gasteiger partial charge in [-0.1, -0.05) is 12.1 Å². The quantitative estimate of drug-likeness (QED) is 0.840. The Morgan fingerprint density at radius 3 is 2.88 bits per heavy atom. The number of rotatable bonds is 5. The Bertz CT molecular complexity index is 555. The van der Waals surface area contributed by atoms with Crippen molar-refractivity contribution in [3.8, 4) is 0 Å². The summed E-state index contributed by atoms with van der Waals surface area (Å²) in [6.07, 6.45) is 0.556. The van der Waals surface area contributed by atoms with Crippen molar-refractivity contribution in [1.82, 2.24) is 10.2 Å². The van der Waals surface area contributed by atoms with E-state index in [4.69, 9.17) is 0 Å². The van der Waals surface area contributed by atoms with Gasteiger partial charge in [-0.2, -0.15) is 23.5 Å². The van der Waals surface area contributed by atoms with Gasteiger partial charge in [0.05, 0.1) is 0 Å². The summed E-state index contributed by atoms with van der Waals surface area (Å²) in [5, 5.41) is 6.55. The number of amides is 1. The molecule has 0 spiro atoms. The molecule has 1 amide bonds. The average Bonchev–Trinajstić information content (AvgIpc) is 2.60. The summed E-state index contributed by atoms with van der Waals surface area (Å²) in [4.78, 5) is 14.9. The number of hydrogen-bond donors (Lipinski definition) is 2. The Morgan fingerprint density at radius 2 is 2.12 bits per heavy atom. The Hall–Kier alpha value is -0.690. The summed E-state index contributed by atoms with van der Waals surface area (Å²) in [7, 11) is 0. The third-order valence-electron chi connectivity index (χ3n) is 4.52. The molecule has 0 saturated carbocycles. The number of hydrogen-bond acceptors (Lipinski definition) is 5. The SMILES string of the molecule is Cc1ccc(CN2CCSCC2)cc1NC(=O)CC1CSCCN1. The number of nitrogens with one attached hydrogen (secondary N) is 2. The second-order valence-corrected chi connectivity index (χ2v) is 8.89. The van der Waals surface area contributed by atoms with Gasteiger partial charge < -0.3 is 10.6 Å². The number of nitrogens with zero attached hydrogens (tertiary/aromatic N) is 1. The van der Waals surface area contributed by atoms with E-state index < -0.39 is 0 Å². The summed E-state index contributed by atoms with van der Waals surface area (Å²) in [5.74, 6) is 4.74. The highest BCUT2D eigenvalue weighted by atomic mass is 32.2. The van der Waals surface area contributed by atoms with Gasteiger partial charge in [0.1, 0.15) is 0 Å². The summed E-state index contributed by atoms with van der Waals surface area (Å²) in [5.41, 5.74) is 3.38. The zero-order valence-corrected chi connectivity index (χ0v) is 16.0. The molecule has 4 nitrogen and oxygen atoms in total. The lowest BCUT2D eigenvalue weighted by molar-refractivity contribution is -0.116. The molecule has 2 aliphatic rings. The molecular formula is C18H27N3OS2. The lowest BCUT2D eigenvalue weighted by atomic mass is 10.1. The normalized spacial score (nSPS) is 22.3. The molecule has 1 aromatic rings. The molecule has 0 aromatic heterocycles. The predicted molar refractivity (Wildman–Crippen MR) is 106 cm³/mol. The third-order valence-corrected chi connectivity index (χ3v) is 6.59. The Balaban J connectivity index is 1.57. The first kappa shape index (κ1) is 18.1. The van der Waals surface area contributed by atoms with Crippen molar-refractivity contribution < 1.29 is 4.79 Å². The van der Waals surface area contributed by atoms with Gasteiger partial charge in [0.2, 0.25) is 5.91 Å². The van der Waals surface area contributed by atoms with E-state index in [0.717, 1.165) is 48.9 Å². The topological polar surface area (TPSA) is 44.4 Å². The van der Waals surface area contributed by atoms with E-state index in [2.05, 4.69) is 40.7 Å². The maximum atomic E-state index is 12.4. The maximum Gasteiger partial charge on any atom is 0.225 e. The molecule has 1 atom stereocenters. The van der Waals surface area contributed by atoms with Crippen molar-refractivity contribution in [2.75, 3.05) is 48.0 Å². The summed E-state index contributed by atoms with van der Waals surface area (Å²) < 4.78 is 0. The zero-order chi connectivity index (χ0) is 16.8. The van der Waals surface area contributed by atoms with Crippen LogP contribution in [0, 0.1) is 6.92 Å². The van der Waals surface area contributed by atoms with Crippen LogP contribution < -0.4 is 10.6 Å². The molecule has 0 bridgehead atoms. The van der Waals surface area contributed by atoms with Gasteiger partial charge in [0, 0.05) is 67.3 Å². The number of benzene rings is 1. The van der Waals surface area contributed by atoms with Crippen LogP contribution in [-0.4, -0.2) is 59.5 Å². The van der Waals surface area contributed by atoms with Gasteiger partial charge in [-0.3, -0.25) is 9.69 Å². The van der Waals surface area contributed by atoms with E-state index in [1.807, 2.05) is 23.5 Å². The first-order valence-corrected chi connectivity index (χ1v) is 11.0. The van der Waals surface area contributed by atoms with E-state index in [1.165, 1.54) is 17.1 Å². The molecule has 1 unspecified atom stereocenters. The van der Waals surface area contributed by atoms with Crippen LogP contribution in [0.1, 0.15) is 17.5 Å². The van der Waals surface area contributed by atoms with Crippen LogP contribution in [0.4, 0.5) is 5.69 Å². The first-order valence-electron chi connectivity index (χ1n) is 8.71. The van der Waals surface area contributed by atoms with Crippen molar-refractivity contribution in [2.24, 2.45) is 0 Å². The van der Waals surface area contributed by atoms with E-state index in [0.29, 0.717) is 12.5 Å². The molecule has 24 heavy (non-hydrogen) atoms. The second kappa shape index (κ2) is 9.13. The monoisotopic (exact) mass is 365 g/mol. The zero-order valence-electron chi connectivity index (χ0n) is 14.3. The Labute approximate surface area is 153 Å². The molecule has 0 radical (unpaired) electrons. The van der Waals surface area contributed by atoms with Crippen molar-refractivity contribution in [3.63, 3.8) is 0 Å². The van der Waals surface area contributed by atoms with Gasteiger partial charge >= 0.3 is 0 Å². The second-order valence-electron chi connectivity index (χ2n) is 6.52. The summed E-state index contributed by atoms with van der Waals surface area (Å²) in [6.45, 7) is 6.36. The van der Waals surface area contributed by atoms with Gasteiger partial charge in [-0.05, 0) is 24.1 Å². The van der Waals surface area contributed by atoms with Crippen LogP contribution in [0.15, 0.2) is 18.2 Å². The molecule has 0 aliphatic carbocycles. The van der Waals surface area contributed by atoms with Crippen LogP contribution in [-0.2, 0) is 11.3 Å². The highest BCUT2D eigenvalue weighted by Crippen LogP contribution is 2.20. The van der Waals surface area contributed by atoms with Crippen molar-refractivity contribution in [3.05, 3.63) is 29.3 Å². The van der Waals surface area contributed by atoms with E-state index in [9.17, 15) is 4.79 Å². The lowest BCUT2D eigenvalue weighted by Gasteiger charge is -2.26. The molecule has 6 heteroatoms. The molecule has 2 saturated heterocycles. The predicted octanol–water partition coefficient (Wildman–Crippen LogP) is 2.58. The summed E-state index contributed by atoms with van der Waals surface area (Å²) >= 11 is 3.96. The minimum Gasteiger partial charge on any atom is -0.326 e. The molecule has 2 heterocycles. The molecule has 2 N–H and O–H groups in total. The number of carbonyl (C=O) groups is 1. The van der Waals surface area contributed by atoms with Gasteiger partial charge in [-0.25, -0.2) is 0 Å². The van der Waals surface area contributed by atoms with Crippen LogP contribution in [0.3, 0.4) is 0 Å². The number of anilines is 1. The fourth-order valence-corrected chi connectivity index (χ4v) is 5.02. The largest absolute Gasteiger partial charge is 0.326 e. The van der Waals surface area contributed by atoms with Crippen molar-refractivity contribution >= 4 is 35.1 Å².